The molecule has 1 aliphatic rings. The fourth-order valence-electron chi connectivity index (χ4n) is 2.86. The number of aliphatic hydroxyl groups excluding tert-OH is 1. The Kier molecular flexibility index (Phi) is 4.03. The van der Waals surface area contributed by atoms with Crippen LogP contribution in [-0.2, 0) is 4.79 Å². The summed E-state index contributed by atoms with van der Waals surface area (Å²) in [6.45, 7) is 10.4. The summed E-state index contributed by atoms with van der Waals surface area (Å²) in [5.74, 6) is -0.546. The van der Waals surface area contributed by atoms with Gasteiger partial charge in [-0.3, -0.25) is 0 Å². The van der Waals surface area contributed by atoms with Crippen molar-refractivity contribution in [2.75, 3.05) is 0 Å². The van der Waals surface area contributed by atoms with Gasteiger partial charge in [-0.1, -0.05) is 26.8 Å². The number of hydrogen-bond donors (Lipinski definition) is 2. The molecule has 2 N–H and O–H groups in total. The van der Waals surface area contributed by atoms with Crippen LogP contribution in [-0.4, -0.2) is 22.3 Å². The zero-order chi connectivity index (χ0) is 13.3. The van der Waals surface area contributed by atoms with E-state index in [9.17, 15) is 9.90 Å². The Morgan fingerprint density at radius 3 is 2.18 bits per heavy atom. The molecule has 1 aliphatic carbocycles. The average molecular weight is 240 g/mol. The van der Waals surface area contributed by atoms with Gasteiger partial charge in [-0.2, -0.15) is 0 Å². The molecule has 0 aromatic rings. The van der Waals surface area contributed by atoms with E-state index in [1.54, 1.807) is 6.08 Å². The molecule has 0 spiro atoms. The summed E-state index contributed by atoms with van der Waals surface area (Å²) in [7, 11) is 0. The second kappa shape index (κ2) is 4.81. The lowest BCUT2D eigenvalue weighted by Gasteiger charge is -2.43. The summed E-state index contributed by atoms with van der Waals surface area (Å²) in [4.78, 5) is 10.9. The maximum Gasteiger partial charge on any atom is 0.333 e. The number of carboxylic acid groups (broad SMARTS) is 1. The number of rotatable bonds is 3. The van der Waals surface area contributed by atoms with Gasteiger partial charge in [-0.05, 0) is 37.0 Å². The lowest BCUT2D eigenvalue weighted by Crippen LogP contribution is -2.43. The highest BCUT2D eigenvalue weighted by molar-refractivity contribution is 5.73. The van der Waals surface area contributed by atoms with Crippen molar-refractivity contribution < 1.29 is 15.0 Å². The quantitative estimate of drug-likeness (QED) is 0.746. The fraction of sp³-hybridized carbons (Fsp3) is 0.786. The molecule has 1 rings (SSSR count). The van der Waals surface area contributed by atoms with Gasteiger partial charge >= 0.3 is 5.97 Å². The summed E-state index contributed by atoms with van der Waals surface area (Å²) >= 11 is 0. The first-order valence-corrected chi connectivity index (χ1v) is 6.27. The van der Waals surface area contributed by atoms with Crippen LogP contribution < -0.4 is 0 Å². The molecule has 0 aromatic carbocycles. The molecule has 0 heterocycles. The number of aliphatic carboxylic acids is 1. The molecule has 3 heteroatoms. The van der Waals surface area contributed by atoms with E-state index in [-0.39, 0.29) is 5.41 Å². The fourth-order valence-corrected chi connectivity index (χ4v) is 2.86. The van der Waals surface area contributed by atoms with Gasteiger partial charge in [0, 0.05) is 5.41 Å². The Labute approximate surface area is 104 Å². The van der Waals surface area contributed by atoms with Crippen molar-refractivity contribution in [2.24, 2.45) is 16.7 Å². The maximum atomic E-state index is 10.9. The highest BCUT2D eigenvalue weighted by atomic mass is 16.4. The average Bonchev–Trinajstić information content (AvgIpc) is 2.26. The van der Waals surface area contributed by atoms with Gasteiger partial charge < -0.3 is 10.2 Å². The monoisotopic (exact) mass is 240 g/mol. The van der Waals surface area contributed by atoms with Crippen LogP contribution in [0.4, 0.5) is 0 Å². The normalized spacial score (nSPS) is 31.9. The second-order valence-electron chi connectivity index (χ2n) is 6.32. The molecule has 17 heavy (non-hydrogen) atoms. The molecule has 1 unspecified atom stereocenters. The molecular formula is C14H24O3. The Morgan fingerprint density at radius 1 is 1.41 bits per heavy atom. The standard InChI is InChI=1S/C14H24O3/c1-5-14(11(15)12(16)17)8-6-10(7-9-14)13(2,3)4/h5,10-11,15H,1,6-9H2,2-4H3,(H,16,17). The first-order valence-electron chi connectivity index (χ1n) is 6.27. The topological polar surface area (TPSA) is 57.5 Å². The smallest absolute Gasteiger partial charge is 0.333 e. The number of carboxylic acids is 1. The molecule has 0 bridgehead atoms. The predicted octanol–water partition coefficient (Wildman–Crippen LogP) is 2.84. The third kappa shape index (κ3) is 2.89. The summed E-state index contributed by atoms with van der Waals surface area (Å²) < 4.78 is 0. The van der Waals surface area contributed by atoms with Crippen LogP contribution in [0.1, 0.15) is 46.5 Å². The highest BCUT2D eigenvalue weighted by Crippen LogP contribution is 2.47. The van der Waals surface area contributed by atoms with E-state index in [1.165, 1.54) is 0 Å². The molecule has 0 aliphatic heterocycles. The van der Waals surface area contributed by atoms with Gasteiger partial charge in [0.15, 0.2) is 6.10 Å². The van der Waals surface area contributed by atoms with E-state index in [0.29, 0.717) is 18.8 Å². The SMILES string of the molecule is C=CC1(C(O)C(=O)O)CCC(C(C)(C)C)CC1. The molecule has 0 radical (unpaired) electrons. The molecule has 0 aromatic heterocycles. The lowest BCUT2D eigenvalue weighted by atomic mass is 9.62. The first kappa shape index (κ1) is 14.2. The van der Waals surface area contributed by atoms with Crippen molar-refractivity contribution in [3.8, 4) is 0 Å². The number of aliphatic hydroxyl groups is 1. The largest absolute Gasteiger partial charge is 0.479 e. The van der Waals surface area contributed by atoms with Crippen molar-refractivity contribution in [2.45, 2.75) is 52.6 Å². The summed E-state index contributed by atoms with van der Waals surface area (Å²) in [5.41, 5.74) is -0.380. The zero-order valence-corrected chi connectivity index (χ0v) is 11.1. The maximum absolute atomic E-state index is 10.9. The third-order valence-corrected chi connectivity index (χ3v) is 4.33. The molecule has 1 saturated carbocycles. The van der Waals surface area contributed by atoms with Crippen molar-refractivity contribution in [3.63, 3.8) is 0 Å². The lowest BCUT2D eigenvalue weighted by molar-refractivity contribution is -0.154. The molecule has 0 amide bonds. The van der Waals surface area contributed by atoms with Crippen molar-refractivity contribution in [1.29, 1.82) is 0 Å². The van der Waals surface area contributed by atoms with Crippen molar-refractivity contribution in [1.82, 2.24) is 0 Å². The van der Waals surface area contributed by atoms with Gasteiger partial charge in [0.1, 0.15) is 0 Å². The van der Waals surface area contributed by atoms with E-state index in [2.05, 4.69) is 27.4 Å². The Hall–Kier alpha value is -0.830. The Morgan fingerprint density at radius 2 is 1.88 bits per heavy atom. The van der Waals surface area contributed by atoms with Crippen molar-refractivity contribution in [3.05, 3.63) is 12.7 Å². The minimum atomic E-state index is -1.32. The summed E-state index contributed by atoms with van der Waals surface area (Å²) in [5, 5.41) is 18.8. The summed E-state index contributed by atoms with van der Waals surface area (Å²) in [6, 6.07) is 0. The number of carbonyl (C=O) groups is 1. The van der Waals surface area contributed by atoms with E-state index >= 15 is 0 Å². The van der Waals surface area contributed by atoms with Crippen LogP contribution in [0.5, 0.6) is 0 Å². The van der Waals surface area contributed by atoms with Crippen LogP contribution in [0.2, 0.25) is 0 Å². The van der Waals surface area contributed by atoms with Gasteiger partial charge in [0.05, 0.1) is 0 Å². The Balaban J connectivity index is 2.77. The first-order chi connectivity index (χ1) is 7.73. The van der Waals surface area contributed by atoms with Crippen LogP contribution >= 0.6 is 0 Å². The van der Waals surface area contributed by atoms with E-state index in [4.69, 9.17) is 5.11 Å². The second-order valence-corrected chi connectivity index (χ2v) is 6.32. The predicted molar refractivity (Wildman–Crippen MR) is 67.7 cm³/mol. The molecular weight excluding hydrogens is 216 g/mol. The summed E-state index contributed by atoms with van der Waals surface area (Å²) in [6.07, 6.45) is 3.67. The molecule has 1 atom stereocenters. The minimum Gasteiger partial charge on any atom is -0.479 e. The van der Waals surface area contributed by atoms with Crippen LogP contribution in [0.25, 0.3) is 0 Å². The van der Waals surface area contributed by atoms with E-state index in [1.807, 2.05) is 0 Å². The third-order valence-electron chi connectivity index (χ3n) is 4.33. The van der Waals surface area contributed by atoms with E-state index in [0.717, 1.165) is 12.8 Å². The van der Waals surface area contributed by atoms with Gasteiger partial charge in [-0.15, -0.1) is 6.58 Å². The van der Waals surface area contributed by atoms with Crippen LogP contribution in [0.15, 0.2) is 12.7 Å². The highest BCUT2D eigenvalue weighted by Gasteiger charge is 2.44. The van der Waals surface area contributed by atoms with Gasteiger partial charge in [0.2, 0.25) is 0 Å². The molecule has 0 saturated heterocycles. The molecule has 98 valence electrons. The van der Waals surface area contributed by atoms with Crippen LogP contribution in [0.3, 0.4) is 0 Å². The van der Waals surface area contributed by atoms with E-state index < -0.39 is 17.5 Å². The number of hydrogen-bond acceptors (Lipinski definition) is 2. The molecule has 3 nitrogen and oxygen atoms in total. The zero-order valence-electron chi connectivity index (χ0n) is 11.1. The minimum absolute atomic E-state index is 0.251. The van der Waals surface area contributed by atoms with Gasteiger partial charge in [0.25, 0.3) is 0 Å². The van der Waals surface area contributed by atoms with Gasteiger partial charge in [-0.25, -0.2) is 4.79 Å². The van der Waals surface area contributed by atoms with Crippen LogP contribution in [0, 0.1) is 16.7 Å². The molecule has 1 fully saturated rings. The Bertz CT molecular complexity index is 293. The van der Waals surface area contributed by atoms with Crippen molar-refractivity contribution >= 4 is 5.97 Å².